The Morgan fingerprint density at radius 2 is 2.03 bits per heavy atom. The third-order valence-electron chi connectivity index (χ3n) is 6.03. The molecule has 4 rings (SSSR count). The SMILES string of the molecule is Cc1cc([C@@H]2[C@H](c3ccccn3)NC(=S)N2CCCN(C)C)c(C)n1Cc1ccco1. The minimum atomic E-state index is 0.0191. The highest BCUT2D eigenvalue weighted by Gasteiger charge is 2.41. The molecule has 0 radical (unpaired) electrons. The fourth-order valence-electron chi connectivity index (χ4n) is 4.47. The Morgan fingerprint density at radius 1 is 1.19 bits per heavy atom. The highest BCUT2D eigenvalue weighted by atomic mass is 32.1. The summed E-state index contributed by atoms with van der Waals surface area (Å²) in [6.07, 6.45) is 4.63. The van der Waals surface area contributed by atoms with Crippen LogP contribution >= 0.6 is 12.2 Å². The molecule has 1 aliphatic rings. The smallest absolute Gasteiger partial charge is 0.170 e. The van der Waals surface area contributed by atoms with Crippen molar-refractivity contribution in [3.05, 3.63) is 77.3 Å². The highest BCUT2D eigenvalue weighted by molar-refractivity contribution is 7.80. The number of rotatable bonds is 8. The summed E-state index contributed by atoms with van der Waals surface area (Å²) in [6, 6.07) is 12.5. The van der Waals surface area contributed by atoms with E-state index in [4.69, 9.17) is 16.6 Å². The summed E-state index contributed by atoms with van der Waals surface area (Å²) in [7, 11) is 4.22. The lowest BCUT2D eigenvalue weighted by Gasteiger charge is -2.28. The number of hydrogen-bond acceptors (Lipinski definition) is 4. The minimum absolute atomic E-state index is 0.0191. The Morgan fingerprint density at radius 3 is 2.71 bits per heavy atom. The van der Waals surface area contributed by atoms with Crippen molar-refractivity contribution in [2.24, 2.45) is 0 Å². The Bertz CT molecular complexity index is 1010. The van der Waals surface area contributed by atoms with Gasteiger partial charge in [-0.3, -0.25) is 4.98 Å². The Hall–Kier alpha value is -2.64. The minimum Gasteiger partial charge on any atom is -0.467 e. The maximum absolute atomic E-state index is 5.80. The fourth-order valence-corrected chi connectivity index (χ4v) is 4.80. The number of pyridine rings is 1. The van der Waals surface area contributed by atoms with Gasteiger partial charge in [0.05, 0.1) is 30.6 Å². The van der Waals surface area contributed by atoms with Crippen LogP contribution in [0.5, 0.6) is 0 Å². The Kier molecular flexibility index (Phi) is 6.43. The van der Waals surface area contributed by atoms with Crippen molar-refractivity contribution >= 4 is 17.3 Å². The van der Waals surface area contributed by atoms with Crippen LogP contribution in [0.15, 0.2) is 53.3 Å². The summed E-state index contributed by atoms with van der Waals surface area (Å²) in [5.74, 6) is 0.956. The van der Waals surface area contributed by atoms with Crippen molar-refractivity contribution in [1.82, 2.24) is 24.7 Å². The molecule has 0 aliphatic carbocycles. The van der Waals surface area contributed by atoms with Crippen LogP contribution in [0.1, 0.15) is 46.9 Å². The average Bonchev–Trinajstić information content (AvgIpc) is 3.44. The van der Waals surface area contributed by atoms with E-state index in [1.54, 1.807) is 6.26 Å². The summed E-state index contributed by atoms with van der Waals surface area (Å²) in [6.45, 7) is 7.01. The molecule has 1 N–H and O–H groups in total. The molecule has 3 aromatic heterocycles. The van der Waals surface area contributed by atoms with Crippen molar-refractivity contribution in [1.29, 1.82) is 0 Å². The predicted octanol–water partition coefficient (Wildman–Crippen LogP) is 4.07. The van der Waals surface area contributed by atoms with Gasteiger partial charge in [-0.25, -0.2) is 0 Å². The van der Waals surface area contributed by atoms with Crippen LogP contribution in [0, 0.1) is 13.8 Å². The van der Waals surface area contributed by atoms with Crippen LogP contribution in [-0.4, -0.2) is 51.6 Å². The average molecular weight is 438 g/mol. The number of aryl methyl sites for hydroxylation is 1. The summed E-state index contributed by atoms with van der Waals surface area (Å²) < 4.78 is 7.93. The maximum atomic E-state index is 5.80. The third kappa shape index (κ3) is 4.52. The molecule has 1 aliphatic heterocycles. The topological polar surface area (TPSA) is 49.5 Å². The molecule has 1 saturated heterocycles. The number of aromatic nitrogens is 2. The van der Waals surface area contributed by atoms with Crippen LogP contribution in [0.4, 0.5) is 0 Å². The monoisotopic (exact) mass is 437 g/mol. The molecule has 0 unspecified atom stereocenters. The molecule has 4 heterocycles. The molecule has 2 atom stereocenters. The van der Waals surface area contributed by atoms with Gasteiger partial charge in [0.15, 0.2) is 5.11 Å². The van der Waals surface area contributed by atoms with Gasteiger partial charge in [0.1, 0.15) is 5.76 Å². The summed E-state index contributed by atoms with van der Waals surface area (Å²) in [4.78, 5) is 9.21. The second-order valence-electron chi connectivity index (χ2n) is 8.47. The lowest BCUT2D eigenvalue weighted by atomic mass is 9.96. The fraction of sp³-hybridized carbons (Fsp3) is 0.417. The van der Waals surface area contributed by atoms with Crippen LogP contribution in [0.3, 0.4) is 0 Å². The van der Waals surface area contributed by atoms with Gasteiger partial charge in [0.2, 0.25) is 0 Å². The third-order valence-corrected chi connectivity index (χ3v) is 6.38. The van der Waals surface area contributed by atoms with E-state index < -0.39 is 0 Å². The van der Waals surface area contributed by atoms with Crippen molar-refractivity contribution < 1.29 is 4.42 Å². The molecule has 164 valence electrons. The first-order chi connectivity index (χ1) is 15.0. The zero-order valence-corrected chi connectivity index (χ0v) is 19.5. The lowest BCUT2D eigenvalue weighted by molar-refractivity contribution is 0.292. The van der Waals surface area contributed by atoms with E-state index >= 15 is 0 Å². The number of thiocarbonyl (C=S) groups is 1. The van der Waals surface area contributed by atoms with Gasteiger partial charge in [-0.2, -0.15) is 0 Å². The Balaban J connectivity index is 1.70. The highest BCUT2D eigenvalue weighted by Crippen LogP contribution is 2.41. The van der Waals surface area contributed by atoms with Gasteiger partial charge in [0.25, 0.3) is 0 Å². The molecule has 6 nitrogen and oxygen atoms in total. The summed E-state index contributed by atoms with van der Waals surface area (Å²) in [5, 5.41) is 4.36. The van der Waals surface area contributed by atoms with Crippen molar-refractivity contribution in [3.63, 3.8) is 0 Å². The normalized spacial score (nSPS) is 18.7. The number of hydrogen-bond donors (Lipinski definition) is 1. The molecular formula is C24H31N5OS. The predicted molar refractivity (Wildman–Crippen MR) is 127 cm³/mol. The van der Waals surface area contributed by atoms with Crippen LogP contribution in [-0.2, 0) is 6.54 Å². The second kappa shape index (κ2) is 9.24. The van der Waals surface area contributed by atoms with E-state index in [-0.39, 0.29) is 12.1 Å². The zero-order chi connectivity index (χ0) is 22.0. The standard InChI is InChI=1S/C24H31N5OS/c1-17-15-20(18(2)29(17)16-19-9-7-14-30-19)23-22(21-10-5-6-11-25-21)26-24(31)28(23)13-8-12-27(3)4/h5-7,9-11,14-15,22-23H,8,12-13,16H2,1-4H3,(H,26,31)/t22-,23+/m0/s1. The van der Waals surface area contributed by atoms with E-state index in [0.29, 0.717) is 0 Å². The molecule has 7 heteroatoms. The number of furan rings is 1. The zero-order valence-electron chi connectivity index (χ0n) is 18.7. The van der Waals surface area contributed by atoms with Crippen molar-refractivity contribution in [2.75, 3.05) is 27.2 Å². The van der Waals surface area contributed by atoms with E-state index in [1.165, 1.54) is 17.0 Å². The van der Waals surface area contributed by atoms with E-state index in [9.17, 15) is 0 Å². The Labute approximate surface area is 189 Å². The van der Waals surface area contributed by atoms with Gasteiger partial charge < -0.3 is 24.1 Å². The first-order valence-electron chi connectivity index (χ1n) is 10.8. The first kappa shape index (κ1) is 21.6. The van der Waals surface area contributed by atoms with Gasteiger partial charge in [-0.05, 0) is 89.0 Å². The molecular weight excluding hydrogens is 406 g/mol. The van der Waals surface area contributed by atoms with E-state index in [1.807, 2.05) is 30.5 Å². The van der Waals surface area contributed by atoms with Crippen LogP contribution in [0.2, 0.25) is 0 Å². The van der Waals surface area contributed by atoms with Gasteiger partial charge in [0, 0.05) is 24.1 Å². The quantitative estimate of drug-likeness (QED) is 0.536. The van der Waals surface area contributed by atoms with Gasteiger partial charge in [-0.15, -0.1) is 0 Å². The second-order valence-corrected chi connectivity index (χ2v) is 8.86. The summed E-state index contributed by atoms with van der Waals surface area (Å²) in [5.41, 5.74) is 4.76. The maximum Gasteiger partial charge on any atom is 0.170 e. The summed E-state index contributed by atoms with van der Waals surface area (Å²) >= 11 is 5.80. The number of nitrogens with one attached hydrogen (secondary N) is 1. The number of nitrogens with zero attached hydrogens (tertiary/aromatic N) is 4. The van der Waals surface area contributed by atoms with E-state index in [2.05, 4.69) is 64.7 Å². The van der Waals surface area contributed by atoms with Crippen molar-refractivity contribution in [3.8, 4) is 0 Å². The first-order valence-corrected chi connectivity index (χ1v) is 11.2. The van der Waals surface area contributed by atoms with Gasteiger partial charge in [-0.1, -0.05) is 6.07 Å². The molecule has 0 amide bonds. The molecule has 31 heavy (non-hydrogen) atoms. The van der Waals surface area contributed by atoms with Crippen molar-refractivity contribution in [2.45, 2.75) is 38.9 Å². The molecule has 3 aromatic rings. The molecule has 0 bridgehead atoms. The van der Waals surface area contributed by atoms with E-state index in [0.717, 1.165) is 42.6 Å². The molecule has 0 saturated carbocycles. The van der Waals surface area contributed by atoms with Crippen LogP contribution in [0.25, 0.3) is 0 Å². The molecule has 0 aromatic carbocycles. The van der Waals surface area contributed by atoms with Crippen LogP contribution < -0.4 is 5.32 Å². The molecule has 1 fully saturated rings. The molecule has 0 spiro atoms. The van der Waals surface area contributed by atoms with Gasteiger partial charge >= 0.3 is 0 Å². The lowest BCUT2D eigenvalue weighted by Crippen LogP contribution is -2.32. The largest absolute Gasteiger partial charge is 0.467 e.